The van der Waals surface area contributed by atoms with Gasteiger partial charge in [-0.15, -0.1) is 5.10 Å². The lowest BCUT2D eigenvalue weighted by Gasteiger charge is -2.11. The first-order chi connectivity index (χ1) is 15.2. The van der Waals surface area contributed by atoms with Crippen LogP contribution in [0.2, 0.25) is 10.0 Å². The van der Waals surface area contributed by atoms with Crippen LogP contribution in [-0.4, -0.2) is 30.7 Å². The van der Waals surface area contributed by atoms with E-state index in [4.69, 9.17) is 23.2 Å². The number of aromatic nitrogens is 4. The molecule has 0 spiro atoms. The number of carbonyl (C=O) groups excluding carboxylic acids is 1. The van der Waals surface area contributed by atoms with Crippen molar-refractivity contribution < 1.29 is 4.79 Å². The van der Waals surface area contributed by atoms with Gasteiger partial charge in [0.15, 0.2) is 0 Å². The Bertz CT molecular complexity index is 1450. The molecule has 8 nitrogen and oxygen atoms in total. The number of hydrogen-bond donors (Lipinski definition) is 1. The van der Waals surface area contributed by atoms with E-state index in [-0.39, 0.29) is 48.2 Å². The average Bonchev–Trinajstić information content (AvgIpc) is 3.03. The lowest BCUT2D eigenvalue weighted by Crippen LogP contribution is -2.32. The minimum atomic E-state index is -0.410. The lowest BCUT2D eigenvalue weighted by molar-refractivity contribution is -0.121. The van der Waals surface area contributed by atoms with Gasteiger partial charge in [0.1, 0.15) is 0 Å². The molecule has 10 heteroatoms. The second-order valence-corrected chi connectivity index (χ2v) is 8.67. The molecule has 0 bridgehead atoms. The Morgan fingerprint density at radius 3 is 2.56 bits per heavy atom. The minimum Gasteiger partial charge on any atom is -0.354 e. The maximum atomic E-state index is 13.3. The summed E-state index contributed by atoms with van der Waals surface area (Å²) in [6.45, 7) is 3.96. The summed E-state index contributed by atoms with van der Waals surface area (Å²) >= 11 is 12.2. The van der Waals surface area contributed by atoms with E-state index in [0.29, 0.717) is 15.6 Å². The Kier molecular flexibility index (Phi) is 6.08. The van der Waals surface area contributed by atoms with E-state index in [9.17, 15) is 14.4 Å². The number of amides is 1. The molecule has 4 aromatic rings. The van der Waals surface area contributed by atoms with E-state index in [1.54, 1.807) is 30.3 Å². The van der Waals surface area contributed by atoms with E-state index in [2.05, 4.69) is 10.4 Å². The Hall–Kier alpha value is -3.10. The van der Waals surface area contributed by atoms with Crippen molar-refractivity contribution in [2.24, 2.45) is 0 Å². The van der Waals surface area contributed by atoms with Crippen molar-refractivity contribution in [2.75, 3.05) is 0 Å². The largest absolute Gasteiger partial charge is 0.354 e. The second kappa shape index (κ2) is 8.80. The SMILES string of the molecule is CC(C)NC(=O)CCn1c(=O)c2cc(Cl)ccc2n2c(=O)n(Cc3cccc(Cl)c3)nc12. The van der Waals surface area contributed by atoms with Crippen LogP contribution in [0.15, 0.2) is 52.1 Å². The first-order valence-electron chi connectivity index (χ1n) is 10.1. The molecule has 2 aromatic heterocycles. The molecular formula is C22H21Cl2N5O3. The van der Waals surface area contributed by atoms with Gasteiger partial charge in [0.05, 0.1) is 17.4 Å². The number of carbonyl (C=O) groups is 1. The Morgan fingerprint density at radius 1 is 1.09 bits per heavy atom. The van der Waals surface area contributed by atoms with Crippen molar-refractivity contribution in [2.45, 2.75) is 39.4 Å². The third-order valence-electron chi connectivity index (χ3n) is 4.97. The van der Waals surface area contributed by atoms with Crippen LogP contribution in [-0.2, 0) is 17.9 Å². The summed E-state index contributed by atoms with van der Waals surface area (Å²) in [5, 5.41) is 8.43. The molecule has 32 heavy (non-hydrogen) atoms. The molecule has 2 aromatic carbocycles. The van der Waals surface area contributed by atoms with Gasteiger partial charge in [-0.2, -0.15) is 0 Å². The summed E-state index contributed by atoms with van der Waals surface area (Å²) < 4.78 is 3.99. The highest BCUT2D eigenvalue weighted by Gasteiger charge is 2.18. The molecular weight excluding hydrogens is 453 g/mol. The summed E-state index contributed by atoms with van der Waals surface area (Å²) in [6, 6.07) is 11.9. The summed E-state index contributed by atoms with van der Waals surface area (Å²) in [5.74, 6) is -0.0360. The van der Waals surface area contributed by atoms with E-state index in [1.165, 1.54) is 19.7 Å². The van der Waals surface area contributed by atoms with Crippen molar-refractivity contribution in [1.29, 1.82) is 0 Å². The fourth-order valence-corrected chi connectivity index (χ4v) is 4.00. The number of halogens is 2. The van der Waals surface area contributed by atoms with Gasteiger partial charge in [0, 0.05) is 29.1 Å². The number of rotatable bonds is 6. The zero-order chi connectivity index (χ0) is 23.0. The van der Waals surface area contributed by atoms with Crippen molar-refractivity contribution in [1.82, 2.24) is 24.1 Å². The molecule has 166 valence electrons. The highest BCUT2D eigenvalue weighted by molar-refractivity contribution is 6.31. The van der Waals surface area contributed by atoms with Crippen molar-refractivity contribution in [3.05, 3.63) is 78.9 Å². The lowest BCUT2D eigenvalue weighted by atomic mass is 10.2. The maximum Gasteiger partial charge on any atom is 0.352 e. The topological polar surface area (TPSA) is 90.4 Å². The molecule has 0 unspecified atom stereocenters. The van der Waals surface area contributed by atoms with E-state index in [1.807, 2.05) is 19.9 Å². The zero-order valence-corrected chi connectivity index (χ0v) is 19.0. The molecule has 0 radical (unpaired) electrons. The van der Waals surface area contributed by atoms with Crippen LogP contribution in [0.4, 0.5) is 0 Å². The van der Waals surface area contributed by atoms with Crippen LogP contribution in [0.1, 0.15) is 25.8 Å². The molecule has 0 aliphatic rings. The fraction of sp³-hybridized carbons (Fsp3) is 0.273. The molecule has 0 saturated heterocycles. The van der Waals surface area contributed by atoms with Gasteiger partial charge in [-0.05, 0) is 49.7 Å². The maximum absolute atomic E-state index is 13.3. The van der Waals surface area contributed by atoms with Gasteiger partial charge in [0.25, 0.3) is 5.56 Å². The Labute approximate surface area is 193 Å². The van der Waals surface area contributed by atoms with Crippen molar-refractivity contribution >= 4 is 45.8 Å². The fourth-order valence-electron chi connectivity index (χ4n) is 3.61. The standard InChI is InChI=1S/C22H21Cl2N5O3/c1-13(2)25-19(30)8-9-27-20(31)17-11-16(24)6-7-18(17)29-21(27)26-28(22(29)32)12-14-4-3-5-15(23)10-14/h3-7,10-11,13H,8-9,12H2,1-2H3,(H,25,30). The monoisotopic (exact) mass is 473 g/mol. The predicted octanol–water partition coefficient (Wildman–Crippen LogP) is 3.08. The van der Waals surface area contributed by atoms with Crippen molar-refractivity contribution in [3.8, 4) is 0 Å². The first-order valence-corrected chi connectivity index (χ1v) is 10.9. The highest BCUT2D eigenvalue weighted by Crippen LogP contribution is 2.18. The molecule has 1 N–H and O–H groups in total. The van der Waals surface area contributed by atoms with Crippen LogP contribution >= 0.6 is 23.2 Å². The van der Waals surface area contributed by atoms with Gasteiger partial charge < -0.3 is 5.32 Å². The van der Waals surface area contributed by atoms with Gasteiger partial charge >= 0.3 is 5.69 Å². The summed E-state index contributed by atoms with van der Waals surface area (Å²) in [7, 11) is 0. The van der Waals surface area contributed by atoms with Gasteiger partial charge in [-0.25, -0.2) is 13.9 Å². The molecule has 0 fully saturated rings. The first kappa shape index (κ1) is 22.1. The molecule has 4 rings (SSSR count). The van der Waals surface area contributed by atoms with Crippen molar-refractivity contribution in [3.63, 3.8) is 0 Å². The Morgan fingerprint density at radius 2 is 1.84 bits per heavy atom. The number of nitrogens with zero attached hydrogens (tertiary/aromatic N) is 4. The Balaban J connectivity index is 1.88. The van der Waals surface area contributed by atoms with E-state index < -0.39 is 5.69 Å². The quantitative estimate of drug-likeness (QED) is 0.465. The number of benzene rings is 2. The highest BCUT2D eigenvalue weighted by atomic mass is 35.5. The summed E-state index contributed by atoms with van der Waals surface area (Å²) in [5.41, 5.74) is 0.417. The molecule has 0 aliphatic carbocycles. The summed E-state index contributed by atoms with van der Waals surface area (Å²) in [4.78, 5) is 38.7. The van der Waals surface area contributed by atoms with Gasteiger partial charge in [-0.3, -0.25) is 14.2 Å². The smallest absolute Gasteiger partial charge is 0.352 e. The van der Waals surface area contributed by atoms with Crippen LogP contribution < -0.4 is 16.6 Å². The molecule has 0 aliphatic heterocycles. The number of fused-ring (bicyclic) bond motifs is 3. The third kappa shape index (κ3) is 4.28. The average molecular weight is 474 g/mol. The minimum absolute atomic E-state index is 0.0193. The third-order valence-corrected chi connectivity index (χ3v) is 5.44. The molecule has 0 saturated carbocycles. The van der Waals surface area contributed by atoms with E-state index in [0.717, 1.165) is 5.56 Å². The number of nitrogens with one attached hydrogen (secondary N) is 1. The number of aryl methyl sites for hydroxylation is 1. The normalized spacial score (nSPS) is 11.5. The number of hydrogen-bond acceptors (Lipinski definition) is 4. The molecule has 0 atom stereocenters. The van der Waals surface area contributed by atoms with Crippen LogP contribution in [0.5, 0.6) is 0 Å². The summed E-state index contributed by atoms with van der Waals surface area (Å²) in [6.07, 6.45) is 0.0646. The second-order valence-electron chi connectivity index (χ2n) is 7.80. The van der Waals surface area contributed by atoms with Gasteiger partial charge in [0.2, 0.25) is 11.7 Å². The molecule has 1 amide bonds. The predicted molar refractivity (Wildman–Crippen MR) is 125 cm³/mol. The van der Waals surface area contributed by atoms with Crippen LogP contribution in [0.25, 0.3) is 16.7 Å². The van der Waals surface area contributed by atoms with Gasteiger partial charge in [-0.1, -0.05) is 35.3 Å². The molecule has 2 heterocycles. The van der Waals surface area contributed by atoms with Crippen LogP contribution in [0, 0.1) is 0 Å². The zero-order valence-electron chi connectivity index (χ0n) is 17.5. The van der Waals surface area contributed by atoms with E-state index >= 15 is 0 Å². The van der Waals surface area contributed by atoms with Crippen LogP contribution in [0.3, 0.4) is 0 Å².